The Morgan fingerprint density at radius 1 is 0.821 bits per heavy atom. The minimum absolute atomic E-state index is 0.169. The van der Waals surface area contributed by atoms with Crippen LogP contribution < -0.4 is 25.2 Å². The van der Waals surface area contributed by atoms with Crippen molar-refractivity contribution in [3.8, 4) is 5.88 Å². The molecule has 11 heteroatoms. The normalized spacial score (nSPS) is 17.6. The van der Waals surface area contributed by atoms with Gasteiger partial charge in [0.15, 0.2) is 0 Å². The molecule has 11 nitrogen and oxygen atoms in total. The molecular formula is C28H32N10O. The van der Waals surface area contributed by atoms with Gasteiger partial charge in [-0.05, 0) is 36.6 Å². The Kier molecular flexibility index (Phi) is 7.66. The number of piperidine rings is 1. The number of pyridine rings is 1. The quantitative estimate of drug-likeness (QED) is 0.354. The zero-order chi connectivity index (χ0) is 26.3. The third-order valence-corrected chi connectivity index (χ3v) is 6.88. The predicted molar refractivity (Wildman–Crippen MR) is 150 cm³/mol. The predicted octanol–water partition coefficient (Wildman–Crippen LogP) is 2.85. The Morgan fingerprint density at radius 3 is 2.33 bits per heavy atom. The largest absolute Gasteiger partial charge is 0.473 e. The Balaban J connectivity index is 1.01. The van der Waals surface area contributed by atoms with E-state index in [9.17, 15) is 0 Å². The molecule has 2 aliphatic heterocycles. The van der Waals surface area contributed by atoms with E-state index in [1.54, 1.807) is 6.20 Å². The summed E-state index contributed by atoms with van der Waals surface area (Å²) < 4.78 is 5.97. The standard InChI is InChI=1S/C28H32N10O/c1-2-5-21(6-3-1)15-22-16-31-27(32-17-22)37-11-13-38(14-12-37)28-34-20-33-26(36-28)35-23-8-9-25(30-18-23)39-24-7-4-10-29-19-24/h1-3,5-6,8-9,16-18,20,24,29H,4,7,10-15,19H2,(H,33,34,35,36). The maximum Gasteiger partial charge on any atom is 0.232 e. The molecule has 2 N–H and O–H groups in total. The van der Waals surface area contributed by atoms with Gasteiger partial charge in [-0.3, -0.25) is 0 Å². The summed E-state index contributed by atoms with van der Waals surface area (Å²) in [7, 11) is 0. The molecule has 1 aromatic carbocycles. The van der Waals surface area contributed by atoms with E-state index in [1.807, 2.05) is 30.6 Å². The van der Waals surface area contributed by atoms with Gasteiger partial charge in [0.1, 0.15) is 12.4 Å². The summed E-state index contributed by atoms with van der Waals surface area (Å²) in [4.78, 5) is 31.4. The molecule has 0 radical (unpaired) electrons. The number of anilines is 4. The van der Waals surface area contributed by atoms with Crippen molar-refractivity contribution in [1.82, 2.24) is 35.2 Å². The number of aromatic nitrogens is 6. The monoisotopic (exact) mass is 524 g/mol. The van der Waals surface area contributed by atoms with Gasteiger partial charge in [-0.15, -0.1) is 0 Å². The van der Waals surface area contributed by atoms with E-state index in [4.69, 9.17) is 4.74 Å². The number of piperazine rings is 1. The van der Waals surface area contributed by atoms with E-state index in [2.05, 4.69) is 74.6 Å². The van der Waals surface area contributed by atoms with Gasteiger partial charge in [-0.1, -0.05) is 30.3 Å². The highest BCUT2D eigenvalue weighted by molar-refractivity contribution is 5.53. The van der Waals surface area contributed by atoms with Crippen LogP contribution in [0.5, 0.6) is 5.88 Å². The van der Waals surface area contributed by atoms with Gasteiger partial charge in [0.05, 0.1) is 11.9 Å². The van der Waals surface area contributed by atoms with Crippen LogP contribution in [0.15, 0.2) is 67.4 Å². The summed E-state index contributed by atoms with van der Waals surface area (Å²) in [5.41, 5.74) is 3.15. The number of ether oxygens (including phenoxy) is 1. The molecule has 39 heavy (non-hydrogen) atoms. The van der Waals surface area contributed by atoms with Crippen molar-refractivity contribution in [3.63, 3.8) is 0 Å². The fourth-order valence-corrected chi connectivity index (χ4v) is 4.79. The second kappa shape index (κ2) is 12.0. The second-order valence-corrected chi connectivity index (χ2v) is 9.73. The van der Waals surface area contributed by atoms with Crippen molar-refractivity contribution in [2.24, 2.45) is 0 Å². The van der Waals surface area contributed by atoms with Crippen LogP contribution in [0.25, 0.3) is 0 Å². The van der Waals surface area contributed by atoms with E-state index >= 15 is 0 Å². The van der Waals surface area contributed by atoms with Gasteiger partial charge < -0.3 is 25.2 Å². The highest BCUT2D eigenvalue weighted by Gasteiger charge is 2.21. The third kappa shape index (κ3) is 6.55. The van der Waals surface area contributed by atoms with Crippen LogP contribution in [0.2, 0.25) is 0 Å². The Bertz CT molecular complexity index is 1320. The van der Waals surface area contributed by atoms with Crippen molar-refractivity contribution >= 4 is 23.5 Å². The van der Waals surface area contributed by atoms with Gasteiger partial charge in [-0.2, -0.15) is 4.98 Å². The average Bonchev–Trinajstić information content (AvgIpc) is 3.00. The second-order valence-electron chi connectivity index (χ2n) is 9.73. The summed E-state index contributed by atoms with van der Waals surface area (Å²) in [5, 5.41) is 6.57. The molecule has 6 rings (SSSR count). The molecule has 200 valence electrons. The van der Waals surface area contributed by atoms with Crippen LogP contribution in [0.4, 0.5) is 23.5 Å². The highest BCUT2D eigenvalue weighted by atomic mass is 16.5. The van der Waals surface area contributed by atoms with Crippen LogP contribution in [-0.4, -0.2) is 75.3 Å². The summed E-state index contributed by atoms with van der Waals surface area (Å²) in [5.74, 6) is 2.50. The Labute approximate surface area is 227 Å². The molecule has 5 heterocycles. The topological polar surface area (TPSA) is 117 Å². The van der Waals surface area contributed by atoms with Crippen molar-refractivity contribution < 1.29 is 4.74 Å². The van der Waals surface area contributed by atoms with Crippen LogP contribution >= 0.6 is 0 Å². The summed E-state index contributed by atoms with van der Waals surface area (Å²) in [6.07, 6.45) is 10.3. The molecule has 0 saturated carbocycles. The van der Waals surface area contributed by atoms with Gasteiger partial charge in [0.2, 0.25) is 23.7 Å². The minimum atomic E-state index is 0.169. The van der Waals surface area contributed by atoms with Crippen LogP contribution in [0.1, 0.15) is 24.0 Å². The lowest BCUT2D eigenvalue weighted by Crippen LogP contribution is -2.47. The van der Waals surface area contributed by atoms with E-state index in [0.717, 1.165) is 75.7 Å². The molecular weight excluding hydrogens is 492 g/mol. The molecule has 0 bridgehead atoms. The number of nitrogens with zero attached hydrogens (tertiary/aromatic N) is 8. The first-order valence-electron chi connectivity index (χ1n) is 13.4. The first-order valence-corrected chi connectivity index (χ1v) is 13.4. The Hall–Kier alpha value is -4.38. The number of rotatable bonds is 8. The third-order valence-electron chi connectivity index (χ3n) is 6.88. The summed E-state index contributed by atoms with van der Waals surface area (Å²) >= 11 is 0. The molecule has 4 aromatic rings. The first-order chi connectivity index (χ1) is 19.3. The maximum atomic E-state index is 5.97. The van der Waals surface area contributed by atoms with Crippen LogP contribution in [0, 0.1) is 0 Å². The SMILES string of the molecule is c1ccc(Cc2cnc(N3CCN(c4ncnc(Nc5ccc(OC6CCCNC6)nc5)n4)CC3)nc2)cc1. The molecule has 0 spiro atoms. The Morgan fingerprint density at radius 2 is 1.62 bits per heavy atom. The van der Waals surface area contributed by atoms with Crippen molar-refractivity contribution in [3.05, 3.63) is 78.5 Å². The average molecular weight is 525 g/mol. The zero-order valence-electron chi connectivity index (χ0n) is 21.8. The first kappa shape index (κ1) is 24.9. The smallest absolute Gasteiger partial charge is 0.232 e. The maximum absolute atomic E-state index is 5.97. The molecule has 0 amide bonds. The fourth-order valence-electron chi connectivity index (χ4n) is 4.79. The zero-order valence-corrected chi connectivity index (χ0v) is 21.8. The molecule has 2 aliphatic rings. The van der Waals surface area contributed by atoms with E-state index in [-0.39, 0.29) is 6.10 Å². The fraction of sp³-hybridized carbons (Fsp3) is 0.357. The van der Waals surface area contributed by atoms with Gasteiger partial charge >= 0.3 is 0 Å². The van der Waals surface area contributed by atoms with Crippen molar-refractivity contribution in [2.45, 2.75) is 25.4 Å². The van der Waals surface area contributed by atoms with Gasteiger partial charge in [0, 0.05) is 57.6 Å². The molecule has 2 saturated heterocycles. The minimum Gasteiger partial charge on any atom is -0.473 e. The summed E-state index contributed by atoms with van der Waals surface area (Å²) in [6, 6.07) is 14.2. The van der Waals surface area contributed by atoms with Crippen molar-refractivity contribution in [2.75, 3.05) is 54.4 Å². The lowest BCUT2D eigenvalue weighted by atomic mass is 10.1. The number of benzene rings is 1. The number of nitrogens with one attached hydrogen (secondary N) is 2. The van der Waals surface area contributed by atoms with E-state index < -0.39 is 0 Å². The molecule has 3 aromatic heterocycles. The molecule has 0 aliphatic carbocycles. The number of hydrogen-bond acceptors (Lipinski definition) is 11. The highest BCUT2D eigenvalue weighted by Crippen LogP contribution is 2.20. The molecule has 2 fully saturated rings. The van der Waals surface area contributed by atoms with Gasteiger partial charge in [-0.25, -0.2) is 24.9 Å². The van der Waals surface area contributed by atoms with Crippen molar-refractivity contribution in [1.29, 1.82) is 0 Å². The summed E-state index contributed by atoms with van der Waals surface area (Å²) in [6.45, 7) is 5.02. The lowest BCUT2D eigenvalue weighted by molar-refractivity contribution is 0.160. The van der Waals surface area contributed by atoms with E-state index in [0.29, 0.717) is 17.8 Å². The molecule has 1 unspecified atom stereocenters. The van der Waals surface area contributed by atoms with E-state index in [1.165, 1.54) is 11.9 Å². The van der Waals surface area contributed by atoms with Crippen LogP contribution in [-0.2, 0) is 6.42 Å². The number of hydrogen-bond donors (Lipinski definition) is 2. The van der Waals surface area contributed by atoms with Gasteiger partial charge in [0.25, 0.3) is 0 Å². The molecule has 1 atom stereocenters. The lowest BCUT2D eigenvalue weighted by Gasteiger charge is -2.34. The van der Waals surface area contributed by atoms with Crippen LogP contribution in [0.3, 0.4) is 0 Å².